The highest BCUT2D eigenvalue weighted by molar-refractivity contribution is 8.26. The summed E-state index contributed by atoms with van der Waals surface area (Å²) in [5.74, 6) is -2.52. The van der Waals surface area contributed by atoms with Gasteiger partial charge in [-0.2, -0.15) is 0 Å². The zero-order chi connectivity index (χ0) is 14.9. The second-order valence-corrected chi connectivity index (χ2v) is 5.56. The molecule has 1 aromatic rings. The van der Waals surface area contributed by atoms with E-state index >= 15 is 0 Å². The van der Waals surface area contributed by atoms with Crippen LogP contribution in [0, 0.1) is 0 Å². The van der Waals surface area contributed by atoms with Gasteiger partial charge in [0, 0.05) is 0 Å². The van der Waals surface area contributed by atoms with Gasteiger partial charge in [-0.1, -0.05) is 30.0 Å². The fraction of sp³-hybridized carbons (Fsp3) is 0.0833. The van der Waals surface area contributed by atoms with E-state index in [9.17, 15) is 24.9 Å². The lowest BCUT2D eigenvalue weighted by Gasteiger charge is -2.14. The number of carbonyl (C=O) groups excluding carboxylic acids is 2. The van der Waals surface area contributed by atoms with Gasteiger partial charge in [-0.3, -0.25) is 9.69 Å². The Morgan fingerprint density at radius 2 is 2.10 bits per heavy atom. The van der Waals surface area contributed by atoms with E-state index in [0.717, 1.165) is 16.7 Å². The summed E-state index contributed by atoms with van der Waals surface area (Å²) in [7, 11) is 0. The van der Waals surface area contributed by atoms with Crippen LogP contribution in [0.1, 0.15) is 5.56 Å². The number of thioether (sulfide) groups is 1. The maximum Gasteiger partial charge on any atom is 0.266 e. The third-order valence-electron chi connectivity index (χ3n) is 2.46. The van der Waals surface area contributed by atoms with E-state index in [2.05, 4.69) is 0 Å². The summed E-state index contributed by atoms with van der Waals surface area (Å²) in [5, 5.41) is 29.1. The molecule has 6 nitrogen and oxygen atoms in total. The Morgan fingerprint density at radius 1 is 1.40 bits per heavy atom. The first kappa shape index (κ1) is 14.4. The van der Waals surface area contributed by atoms with Crippen LogP contribution in [0.5, 0.6) is 11.5 Å². The van der Waals surface area contributed by atoms with Crippen LogP contribution in [0.15, 0.2) is 23.1 Å². The molecule has 0 spiro atoms. The summed E-state index contributed by atoms with van der Waals surface area (Å²) in [5.41, 5.74) is 0.481. The maximum atomic E-state index is 12.0. The minimum absolute atomic E-state index is 0.133. The number of thiocarbonyl (C=S) groups is 1. The number of carboxylic acids is 1. The Labute approximate surface area is 123 Å². The molecule has 0 unspecified atom stereocenters. The number of phenols is 2. The lowest BCUT2D eigenvalue weighted by Crippen LogP contribution is -2.40. The van der Waals surface area contributed by atoms with Crippen molar-refractivity contribution in [3.63, 3.8) is 0 Å². The number of carboxylic acid groups (broad SMARTS) is 1. The Hall–Kier alpha value is -2.06. The zero-order valence-electron chi connectivity index (χ0n) is 9.90. The second-order valence-electron chi connectivity index (χ2n) is 3.89. The molecule has 1 fully saturated rings. The number of aliphatic carboxylic acids is 1. The number of hydrogen-bond donors (Lipinski definition) is 2. The molecule has 1 heterocycles. The summed E-state index contributed by atoms with van der Waals surface area (Å²) in [6.45, 7) is -0.594. The van der Waals surface area contributed by atoms with E-state index in [1.807, 2.05) is 0 Å². The minimum atomic E-state index is -1.40. The van der Waals surface area contributed by atoms with Crippen LogP contribution in [0.3, 0.4) is 0 Å². The van der Waals surface area contributed by atoms with Crippen molar-refractivity contribution in [1.82, 2.24) is 4.90 Å². The van der Waals surface area contributed by atoms with E-state index in [4.69, 9.17) is 12.2 Å². The first-order valence-electron chi connectivity index (χ1n) is 5.35. The lowest BCUT2D eigenvalue weighted by molar-refractivity contribution is -0.305. The number of rotatable bonds is 3. The van der Waals surface area contributed by atoms with Crippen LogP contribution in [0.25, 0.3) is 6.08 Å². The smallest absolute Gasteiger partial charge is 0.266 e. The van der Waals surface area contributed by atoms with Crippen LogP contribution in [0.4, 0.5) is 0 Å². The summed E-state index contributed by atoms with van der Waals surface area (Å²) in [6, 6.07) is 4.06. The highest BCUT2D eigenvalue weighted by Crippen LogP contribution is 2.33. The topological polar surface area (TPSA) is 101 Å². The van der Waals surface area contributed by atoms with Crippen LogP contribution in [0.2, 0.25) is 0 Å². The molecule has 0 bridgehead atoms. The summed E-state index contributed by atoms with van der Waals surface area (Å²) < 4.78 is 0.133. The van der Waals surface area contributed by atoms with Gasteiger partial charge in [-0.05, 0) is 23.8 Å². The molecule has 1 aliphatic heterocycles. The van der Waals surface area contributed by atoms with Crippen LogP contribution in [-0.4, -0.2) is 37.9 Å². The highest BCUT2D eigenvalue weighted by Gasteiger charge is 2.31. The molecule has 20 heavy (non-hydrogen) atoms. The molecule has 0 atom stereocenters. The predicted octanol–water partition coefficient (Wildman–Crippen LogP) is 0.0489. The molecule has 8 heteroatoms. The second kappa shape index (κ2) is 5.51. The van der Waals surface area contributed by atoms with Crippen LogP contribution >= 0.6 is 24.0 Å². The summed E-state index contributed by atoms with van der Waals surface area (Å²) >= 11 is 5.88. The first-order chi connectivity index (χ1) is 9.38. The molecule has 2 rings (SSSR count). The lowest BCUT2D eigenvalue weighted by atomic mass is 10.2. The van der Waals surface area contributed by atoms with Gasteiger partial charge in [0.15, 0.2) is 11.5 Å². The molecule has 0 saturated carbocycles. The Balaban J connectivity index is 2.27. The molecule has 2 N–H and O–H groups in total. The van der Waals surface area contributed by atoms with Gasteiger partial charge in [0.25, 0.3) is 5.91 Å². The molecule has 0 aromatic heterocycles. The Kier molecular flexibility index (Phi) is 3.96. The normalized spacial score (nSPS) is 17.0. The van der Waals surface area contributed by atoms with E-state index in [0.29, 0.717) is 5.56 Å². The predicted molar refractivity (Wildman–Crippen MR) is 74.7 cm³/mol. The van der Waals surface area contributed by atoms with Gasteiger partial charge in [0.1, 0.15) is 4.32 Å². The fourth-order valence-electron chi connectivity index (χ4n) is 1.55. The maximum absolute atomic E-state index is 12.0. The third kappa shape index (κ3) is 2.91. The van der Waals surface area contributed by atoms with Crippen molar-refractivity contribution in [2.75, 3.05) is 6.54 Å². The van der Waals surface area contributed by atoms with E-state index in [1.165, 1.54) is 24.3 Å². The largest absolute Gasteiger partial charge is 0.548 e. The first-order valence-corrected chi connectivity index (χ1v) is 6.58. The number of carbonyl (C=O) groups is 2. The highest BCUT2D eigenvalue weighted by atomic mass is 32.2. The quantitative estimate of drug-likeness (QED) is 0.462. The number of hydrogen-bond acceptors (Lipinski definition) is 7. The Bertz CT molecular complexity index is 641. The van der Waals surface area contributed by atoms with Crippen molar-refractivity contribution in [3.8, 4) is 11.5 Å². The van der Waals surface area contributed by atoms with E-state index < -0.39 is 18.4 Å². The standard InChI is InChI=1S/C12H9NO5S2/c14-7-2-1-6(3-8(7)15)4-9-11(18)13(5-10(16)17)12(19)20-9/h1-4,14-15H,5H2,(H,16,17)/p-1/b9-4-. The number of nitrogens with zero attached hydrogens (tertiary/aromatic N) is 1. The van der Waals surface area contributed by atoms with Crippen molar-refractivity contribution in [2.24, 2.45) is 0 Å². The number of benzene rings is 1. The van der Waals surface area contributed by atoms with E-state index in [-0.39, 0.29) is 20.7 Å². The molecule has 1 aromatic carbocycles. The molecule has 0 aliphatic carbocycles. The van der Waals surface area contributed by atoms with Gasteiger partial charge >= 0.3 is 0 Å². The molecule has 1 amide bonds. The van der Waals surface area contributed by atoms with Gasteiger partial charge in [0.2, 0.25) is 0 Å². The molecule has 1 aliphatic rings. The SMILES string of the molecule is O=C([O-])CN1C(=O)/C(=C/c2ccc(O)c(O)c2)SC1=S. The Morgan fingerprint density at radius 3 is 2.70 bits per heavy atom. The van der Waals surface area contributed by atoms with Crippen molar-refractivity contribution in [3.05, 3.63) is 28.7 Å². The molecular formula is C12H8NO5S2-. The molecular weight excluding hydrogens is 302 g/mol. The van der Waals surface area contributed by atoms with Gasteiger partial charge in [0.05, 0.1) is 17.4 Å². The molecule has 1 saturated heterocycles. The van der Waals surface area contributed by atoms with Crippen molar-refractivity contribution >= 4 is 46.3 Å². The minimum Gasteiger partial charge on any atom is -0.548 e. The van der Waals surface area contributed by atoms with Crippen LogP contribution < -0.4 is 5.11 Å². The van der Waals surface area contributed by atoms with Crippen molar-refractivity contribution in [2.45, 2.75) is 0 Å². The molecule has 0 radical (unpaired) electrons. The summed E-state index contributed by atoms with van der Waals surface area (Å²) in [4.78, 5) is 23.7. The van der Waals surface area contributed by atoms with Crippen molar-refractivity contribution < 1.29 is 24.9 Å². The average Bonchev–Trinajstić information content (AvgIpc) is 2.61. The van der Waals surface area contributed by atoms with E-state index in [1.54, 1.807) is 0 Å². The fourth-order valence-corrected chi connectivity index (χ4v) is 2.80. The van der Waals surface area contributed by atoms with Crippen molar-refractivity contribution in [1.29, 1.82) is 0 Å². The van der Waals surface area contributed by atoms with Gasteiger partial charge in [-0.25, -0.2) is 0 Å². The van der Waals surface area contributed by atoms with Gasteiger partial charge < -0.3 is 20.1 Å². The number of amides is 1. The van der Waals surface area contributed by atoms with Gasteiger partial charge in [-0.15, -0.1) is 0 Å². The summed E-state index contributed by atoms with van der Waals surface area (Å²) in [6.07, 6.45) is 1.45. The monoisotopic (exact) mass is 310 g/mol. The molecule has 104 valence electrons. The number of phenolic OH excluding ortho intramolecular Hbond substituents is 2. The zero-order valence-corrected chi connectivity index (χ0v) is 11.5. The third-order valence-corrected chi connectivity index (χ3v) is 3.84. The van der Waals surface area contributed by atoms with Crippen LogP contribution in [-0.2, 0) is 9.59 Å². The average molecular weight is 310 g/mol. The number of aromatic hydroxyl groups is 2.